The molecule has 0 unspecified atom stereocenters. The summed E-state index contributed by atoms with van der Waals surface area (Å²) in [6.45, 7) is -0.345. The normalized spacial score (nSPS) is 16.4. The molecule has 4 rings (SSSR count). The maximum absolute atomic E-state index is 12.7. The van der Waals surface area contributed by atoms with Gasteiger partial charge in [0.15, 0.2) is 6.61 Å². The second kappa shape index (κ2) is 7.89. The van der Waals surface area contributed by atoms with E-state index in [1.807, 2.05) is 41.1 Å². The molecule has 1 aliphatic heterocycles. The molecule has 0 fully saturated rings. The molecule has 4 heterocycles. The molecule has 3 aromatic rings. The molecule has 0 saturated carbocycles. The van der Waals surface area contributed by atoms with Gasteiger partial charge in [-0.3, -0.25) is 9.59 Å². The largest absolute Gasteiger partial charge is 0.467 e. The number of hydrazone groups is 1. The molecule has 0 N–H and O–H groups in total. The van der Waals surface area contributed by atoms with Gasteiger partial charge in [-0.15, -0.1) is 22.7 Å². The van der Waals surface area contributed by atoms with Gasteiger partial charge in [0.1, 0.15) is 11.8 Å². The molecule has 0 aliphatic carbocycles. The van der Waals surface area contributed by atoms with Crippen LogP contribution in [0.15, 0.2) is 62.9 Å². The Morgan fingerprint density at radius 1 is 1.19 bits per heavy atom. The van der Waals surface area contributed by atoms with Crippen molar-refractivity contribution in [3.05, 3.63) is 68.9 Å². The molecule has 27 heavy (non-hydrogen) atoms. The predicted molar refractivity (Wildman–Crippen MR) is 103 cm³/mol. The van der Waals surface area contributed by atoms with Crippen LogP contribution in [0, 0.1) is 0 Å². The SMILES string of the molecule is O=C(Cc1cccs1)OCC(=O)N1N=C(c2cccs2)C[C@@H]1c1ccco1. The molecular weight excluding hydrogens is 384 g/mol. The topological polar surface area (TPSA) is 72.1 Å². The summed E-state index contributed by atoms with van der Waals surface area (Å²) in [4.78, 5) is 26.5. The van der Waals surface area contributed by atoms with E-state index in [1.54, 1.807) is 23.7 Å². The second-order valence-electron chi connectivity index (χ2n) is 5.91. The summed E-state index contributed by atoms with van der Waals surface area (Å²) in [5, 5.41) is 9.71. The van der Waals surface area contributed by atoms with Crippen LogP contribution < -0.4 is 0 Å². The number of furan rings is 1. The van der Waals surface area contributed by atoms with Gasteiger partial charge in [-0.05, 0) is 35.0 Å². The first kappa shape index (κ1) is 17.7. The minimum atomic E-state index is -0.429. The summed E-state index contributed by atoms with van der Waals surface area (Å²) in [5.74, 6) is -0.145. The van der Waals surface area contributed by atoms with Gasteiger partial charge in [-0.1, -0.05) is 12.1 Å². The molecule has 3 aromatic heterocycles. The van der Waals surface area contributed by atoms with Crippen molar-refractivity contribution in [2.24, 2.45) is 5.10 Å². The highest BCUT2D eigenvalue weighted by molar-refractivity contribution is 7.12. The van der Waals surface area contributed by atoms with Gasteiger partial charge in [0, 0.05) is 11.3 Å². The summed E-state index contributed by atoms with van der Waals surface area (Å²) in [5.41, 5.74) is 0.824. The van der Waals surface area contributed by atoms with Gasteiger partial charge in [0.05, 0.1) is 23.3 Å². The maximum atomic E-state index is 12.7. The lowest BCUT2D eigenvalue weighted by atomic mass is 10.1. The van der Waals surface area contributed by atoms with Crippen molar-refractivity contribution < 1.29 is 18.7 Å². The van der Waals surface area contributed by atoms with Gasteiger partial charge in [0.25, 0.3) is 5.91 Å². The van der Waals surface area contributed by atoms with E-state index >= 15 is 0 Å². The van der Waals surface area contributed by atoms with Crippen LogP contribution in [-0.4, -0.2) is 29.2 Å². The predicted octanol–water partition coefficient (Wildman–Crippen LogP) is 3.87. The van der Waals surface area contributed by atoms with Crippen LogP contribution in [0.4, 0.5) is 0 Å². The van der Waals surface area contributed by atoms with E-state index in [9.17, 15) is 9.59 Å². The van der Waals surface area contributed by atoms with Crippen molar-refractivity contribution >= 4 is 40.3 Å². The first-order chi connectivity index (χ1) is 13.2. The van der Waals surface area contributed by atoms with Crippen LogP contribution in [0.1, 0.15) is 28.0 Å². The quantitative estimate of drug-likeness (QED) is 0.589. The zero-order chi connectivity index (χ0) is 18.6. The average molecular weight is 400 g/mol. The Labute approximate surface area is 163 Å². The molecular formula is C19H16N2O4S2. The zero-order valence-electron chi connectivity index (χ0n) is 14.2. The molecule has 0 spiro atoms. The average Bonchev–Trinajstić information content (AvgIpc) is 3.46. The lowest BCUT2D eigenvalue weighted by Crippen LogP contribution is -2.31. The van der Waals surface area contributed by atoms with E-state index in [0.717, 1.165) is 15.5 Å². The van der Waals surface area contributed by atoms with Gasteiger partial charge < -0.3 is 9.15 Å². The third kappa shape index (κ3) is 4.01. The van der Waals surface area contributed by atoms with Crippen LogP contribution >= 0.6 is 22.7 Å². The van der Waals surface area contributed by atoms with Crippen molar-refractivity contribution in [3.63, 3.8) is 0 Å². The molecule has 0 saturated heterocycles. The van der Waals surface area contributed by atoms with Crippen LogP contribution in [0.3, 0.4) is 0 Å². The van der Waals surface area contributed by atoms with Gasteiger partial charge in [0.2, 0.25) is 0 Å². The minimum Gasteiger partial charge on any atom is -0.467 e. The van der Waals surface area contributed by atoms with Crippen molar-refractivity contribution in [1.29, 1.82) is 0 Å². The number of thiophene rings is 2. The summed E-state index contributed by atoms with van der Waals surface area (Å²) < 4.78 is 10.6. The van der Waals surface area contributed by atoms with Crippen molar-refractivity contribution in [3.8, 4) is 0 Å². The summed E-state index contributed by atoms with van der Waals surface area (Å²) in [6.07, 6.45) is 2.29. The Morgan fingerprint density at radius 2 is 2.04 bits per heavy atom. The van der Waals surface area contributed by atoms with Crippen molar-refractivity contribution in [2.45, 2.75) is 18.9 Å². The highest BCUT2D eigenvalue weighted by atomic mass is 32.1. The van der Waals surface area contributed by atoms with E-state index in [2.05, 4.69) is 5.10 Å². The van der Waals surface area contributed by atoms with Crippen LogP contribution in [0.25, 0.3) is 0 Å². The maximum Gasteiger partial charge on any atom is 0.311 e. The molecule has 1 atom stereocenters. The van der Waals surface area contributed by atoms with Crippen molar-refractivity contribution in [2.75, 3.05) is 6.61 Å². The highest BCUT2D eigenvalue weighted by Crippen LogP contribution is 2.34. The number of carbonyl (C=O) groups is 2. The fourth-order valence-corrected chi connectivity index (χ4v) is 4.26. The summed E-state index contributed by atoms with van der Waals surface area (Å²) in [7, 11) is 0. The molecule has 1 amide bonds. The monoisotopic (exact) mass is 400 g/mol. The van der Waals surface area contributed by atoms with Crippen LogP contribution in [0.5, 0.6) is 0 Å². The second-order valence-corrected chi connectivity index (χ2v) is 7.89. The number of hydrogen-bond acceptors (Lipinski definition) is 7. The van der Waals surface area contributed by atoms with Gasteiger partial charge >= 0.3 is 5.97 Å². The zero-order valence-corrected chi connectivity index (χ0v) is 15.9. The Hall–Kier alpha value is -2.71. The first-order valence-electron chi connectivity index (χ1n) is 8.35. The lowest BCUT2D eigenvalue weighted by Gasteiger charge is -2.19. The molecule has 1 aliphatic rings. The smallest absolute Gasteiger partial charge is 0.311 e. The van der Waals surface area contributed by atoms with E-state index < -0.39 is 5.97 Å². The number of carbonyl (C=O) groups excluding carboxylic acids is 2. The molecule has 138 valence electrons. The number of nitrogens with zero attached hydrogens (tertiary/aromatic N) is 2. The Morgan fingerprint density at radius 3 is 2.74 bits per heavy atom. The molecule has 6 nitrogen and oxygen atoms in total. The van der Waals surface area contributed by atoms with Crippen molar-refractivity contribution in [1.82, 2.24) is 5.01 Å². The fraction of sp³-hybridized carbons (Fsp3) is 0.211. The third-order valence-corrected chi connectivity index (χ3v) is 5.89. The molecule has 0 radical (unpaired) electrons. The number of ether oxygens (including phenoxy) is 1. The summed E-state index contributed by atoms with van der Waals surface area (Å²) >= 11 is 3.05. The highest BCUT2D eigenvalue weighted by Gasteiger charge is 2.35. The minimum absolute atomic E-state index is 0.163. The van der Waals surface area contributed by atoms with E-state index in [1.165, 1.54) is 16.3 Å². The van der Waals surface area contributed by atoms with Gasteiger partial charge in [-0.25, -0.2) is 5.01 Å². The van der Waals surface area contributed by atoms with Crippen LogP contribution in [0.2, 0.25) is 0 Å². The number of rotatable bonds is 6. The lowest BCUT2D eigenvalue weighted by molar-refractivity contribution is -0.152. The molecule has 8 heteroatoms. The summed E-state index contributed by atoms with van der Waals surface area (Å²) in [6, 6.07) is 10.9. The van der Waals surface area contributed by atoms with Crippen LogP contribution in [-0.2, 0) is 20.7 Å². The van der Waals surface area contributed by atoms with E-state index in [4.69, 9.17) is 9.15 Å². The Kier molecular flexibility index (Phi) is 5.17. The fourth-order valence-electron chi connectivity index (χ4n) is 2.85. The number of amides is 1. The number of esters is 1. The van der Waals surface area contributed by atoms with Gasteiger partial charge in [-0.2, -0.15) is 5.10 Å². The Bertz CT molecular complexity index is 931. The third-order valence-electron chi connectivity index (χ3n) is 4.10. The Balaban J connectivity index is 1.45. The number of hydrogen-bond donors (Lipinski definition) is 0. The van der Waals surface area contributed by atoms with E-state index in [-0.39, 0.29) is 25.0 Å². The molecule has 0 aromatic carbocycles. The molecule has 0 bridgehead atoms. The first-order valence-corrected chi connectivity index (χ1v) is 10.1. The standard InChI is InChI=1S/C19H16N2O4S2/c22-18(12-25-19(23)10-13-4-2-8-26-13)21-15(16-5-1-7-24-16)11-14(20-21)17-6-3-9-27-17/h1-9,15H,10-12H2/t15-/m1/s1. The van der Waals surface area contributed by atoms with E-state index in [0.29, 0.717) is 12.2 Å².